The van der Waals surface area contributed by atoms with Crippen LogP contribution in [0.3, 0.4) is 0 Å². The summed E-state index contributed by atoms with van der Waals surface area (Å²) >= 11 is 1.47. The first-order chi connectivity index (χ1) is 13.7. The van der Waals surface area contributed by atoms with E-state index in [0.717, 1.165) is 48.7 Å². The smallest absolute Gasteiger partial charge is 0.299 e. The summed E-state index contributed by atoms with van der Waals surface area (Å²) in [5.41, 5.74) is 3.29. The highest BCUT2D eigenvalue weighted by Gasteiger charge is 2.17. The van der Waals surface area contributed by atoms with Crippen molar-refractivity contribution in [3.63, 3.8) is 0 Å². The lowest BCUT2D eigenvalue weighted by Crippen LogP contribution is -2.32. The van der Waals surface area contributed by atoms with Crippen molar-refractivity contribution in [1.82, 2.24) is 19.9 Å². The second kappa shape index (κ2) is 8.45. The molecule has 2 N–H and O–H groups in total. The number of thiazole rings is 1. The maximum absolute atomic E-state index is 12.3. The van der Waals surface area contributed by atoms with Crippen LogP contribution in [0.25, 0.3) is 10.6 Å². The van der Waals surface area contributed by atoms with Gasteiger partial charge in [0.2, 0.25) is 0 Å². The van der Waals surface area contributed by atoms with E-state index in [1.54, 1.807) is 12.4 Å². The molecule has 2 amide bonds. The Balaban J connectivity index is 1.38. The molecule has 0 unspecified atom stereocenters. The highest BCUT2D eigenvalue weighted by Crippen LogP contribution is 2.25. The van der Waals surface area contributed by atoms with Gasteiger partial charge < -0.3 is 0 Å². The van der Waals surface area contributed by atoms with Gasteiger partial charge in [-0.25, -0.2) is 14.8 Å². The summed E-state index contributed by atoms with van der Waals surface area (Å²) < 4.78 is 0. The van der Waals surface area contributed by atoms with Crippen LogP contribution in [0.4, 0.5) is 16.4 Å². The number of pyridine rings is 2. The molecule has 0 saturated heterocycles. The van der Waals surface area contributed by atoms with Crippen LogP contribution < -0.4 is 10.6 Å². The van der Waals surface area contributed by atoms with Gasteiger partial charge in [0.15, 0.2) is 0 Å². The molecule has 0 saturated carbocycles. The van der Waals surface area contributed by atoms with Crippen LogP contribution in [0.5, 0.6) is 0 Å². The topological polar surface area (TPSA) is 83.0 Å². The van der Waals surface area contributed by atoms with Gasteiger partial charge in [-0.2, -0.15) is 0 Å². The zero-order valence-electron chi connectivity index (χ0n) is 15.7. The molecule has 0 bridgehead atoms. The molecule has 1 aliphatic rings. The number of amides is 2. The minimum absolute atomic E-state index is 0.345. The number of aromatic nitrogens is 3. The van der Waals surface area contributed by atoms with E-state index in [-0.39, 0.29) is 6.03 Å². The van der Waals surface area contributed by atoms with Crippen LogP contribution in [0.2, 0.25) is 0 Å². The Bertz CT molecular complexity index is 958. The summed E-state index contributed by atoms with van der Waals surface area (Å²) in [5.74, 6) is 1.08. The predicted octanol–water partition coefficient (Wildman–Crippen LogP) is 4.01. The predicted molar refractivity (Wildman–Crippen MR) is 111 cm³/mol. The van der Waals surface area contributed by atoms with Gasteiger partial charge in [0.1, 0.15) is 16.6 Å². The lowest BCUT2D eigenvalue weighted by atomic mass is 10.1. The fraction of sp³-hybridized carbons (Fsp3) is 0.300. The first kappa shape index (κ1) is 18.5. The van der Waals surface area contributed by atoms with E-state index in [9.17, 15) is 4.79 Å². The molecule has 4 rings (SSSR count). The highest BCUT2D eigenvalue weighted by atomic mass is 32.1. The number of nitrogens with zero attached hydrogens (tertiary/aromatic N) is 4. The number of nitrogens with one attached hydrogen (secondary N) is 2. The van der Waals surface area contributed by atoms with Crippen molar-refractivity contribution >= 4 is 29.0 Å². The third-order valence-electron chi connectivity index (χ3n) is 4.58. The Morgan fingerprint density at radius 3 is 2.79 bits per heavy atom. The molecule has 7 nitrogen and oxygen atoms in total. The molecular weight excluding hydrogens is 372 g/mol. The van der Waals surface area contributed by atoms with Crippen LogP contribution in [0.15, 0.2) is 42.0 Å². The normalized spacial score (nSPS) is 13.8. The standard InChI is InChI=1S/C20H22N6OS/c1-2-10-26-11-7-16-15(12-26)3-4-17(22-16)24-20(27)25-18-13-28-19(23-18)14-5-8-21-9-6-14/h3-6,8-9,13H,2,7,10-12H2,1H3,(H2,22,24,25,27). The van der Waals surface area contributed by atoms with Crippen molar-refractivity contribution in [1.29, 1.82) is 0 Å². The summed E-state index contributed by atoms with van der Waals surface area (Å²) in [4.78, 5) is 27.8. The van der Waals surface area contributed by atoms with Gasteiger partial charge in [-0.15, -0.1) is 11.3 Å². The zero-order valence-corrected chi connectivity index (χ0v) is 16.5. The minimum atomic E-state index is -0.345. The largest absolute Gasteiger partial charge is 0.326 e. The molecule has 0 atom stereocenters. The molecule has 3 aromatic rings. The monoisotopic (exact) mass is 394 g/mol. The summed E-state index contributed by atoms with van der Waals surface area (Å²) in [6, 6.07) is 7.35. The second-order valence-corrected chi connectivity index (χ2v) is 7.54. The lowest BCUT2D eigenvalue weighted by molar-refractivity contribution is 0.252. The molecular formula is C20H22N6OS. The Morgan fingerprint density at radius 1 is 1.14 bits per heavy atom. The first-order valence-electron chi connectivity index (χ1n) is 9.36. The van der Waals surface area contributed by atoms with E-state index in [2.05, 4.69) is 43.5 Å². The molecule has 1 aliphatic heterocycles. The minimum Gasteiger partial charge on any atom is -0.299 e. The quantitative estimate of drug-likeness (QED) is 0.683. The number of carbonyl (C=O) groups is 1. The number of urea groups is 1. The van der Waals surface area contributed by atoms with Crippen molar-refractivity contribution in [2.45, 2.75) is 26.3 Å². The highest BCUT2D eigenvalue weighted by molar-refractivity contribution is 7.13. The van der Waals surface area contributed by atoms with Crippen molar-refractivity contribution in [2.75, 3.05) is 23.7 Å². The Hall–Kier alpha value is -2.84. The van der Waals surface area contributed by atoms with E-state index in [1.165, 1.54) is 16.9 Å². The van der Waals surface area contributed by atoms with Crippen LogP contribution in [0.1, 0.15) is 24.6 Å². The third kappa shape index (κ3) is 4.35. The molecule has 0 aliphatic carbocycles. The van der Waals surface area contributed by atoms with Crippen LogP contribution in [-0.4, -0.2) is 39.0 Å². The van der Waals surface area contributed by atoms with E-state index >= 15 is 0 Å². The molecule has 8 heteroatoms. The number of carbonyl (C=O) groups excluding carboxylic acids is 1. The number of fused-ring (bicyclic) bond motifs is 1. The fourth-order valence-electron chi connectivity index (χ4n) is 3.27. The van der Waals surface area contributed by atoms with Crippen molar-refractivity contribution < 1.29 is 4.79 Å². The summed E-state index contributed by atoms with van der Waals surface area (Å²) in [7, 11) is 0. The maximum atomic E-state index is 12.3. The zero-order chi connectivity index (χ0) is 19.3. The average Bonchev–Trinajstić information content (AvgIpc) is 3.17. The van der Waals surface area contributed by atoms with Gasteiger partial charge in [0.05, 0.1) is 0 Å². The van der Waals surface area contributed by atoms with Crippen molar-refractivity contribution in [3.8, 4) is 10.6 Å². The average molecular weight is 395 g/mol. The van der Waals surface area contributed by atoms with Gasteiger partial charge in [-0.05, 0) is 36.7 Å². The van der Waals surface area contributed by atoms with Gasteiger partial charge in [-0.3, -0.25) is 20.5 Å². The Morgan fingerprint density at radius 2 is 1.96 bits per heavy atom. The molecule has 0 radical (unpaired) electrons. The summed E-state index contributed by atoms with van der Waals surface area (Å²) in [6.45, 7) is 5.25. The maximum Gasteiger partial charge on any atom is 0.326 e. The molecule has 3 aromatic heterocycles. The van der Waals surface area contributed by atoms with Gasteiger partial charge in [-0.1, -0.05) is 13.0 Å². The molecule has 0 spiro atoms. The molecule has 0 aromatic carbocycles. The van der Waals surface area contributed by atoms with Crippen LogP contribution >= 0.6 is 11.3 Å². The fourth-order valence-corrected chi connectivity index (χ4v) is 4.03. The van der Waals surface area contributed by atoms with Crippen LogP contribution in [-0.2, 0) is 13.0 Å². The molecule has 4 heterocycles. The Kier molecular flexibility index (Phi) is 5.59. The van der Waals surface area contributed by atoms with E-state index in [1.807, 2.05) is 23.6 Å². The number of rotatable bonds is 5. The first-order valence-corrected chi connectivity index (χ1v) is 10.2. The third-order valence-corrected chi connectivity index (χ3v) is 5.47. The van der Waals surface area contributed by atoms with Crippen molar-refractivity contribution in [3.05, 3.63) is 53.3 Å². The van der Waals surface area contributed by atoms with Crippen LogP contribution in [0, 0.1) is 0 Å². The number of hydrogen-bond donors (Lipinski definition) is 2. The van der Waals surface area contributed by atoms with Gasteiger partial charge in [0, 0.05) is 48.5 Å². The second-order valence-electron chi connectivity index (χ2n) is 6.68. The number of hydrogen-bond acceptors (Lipinski definition) is 6. The SMILES string of the molecule is CCCN1CCc2nc(NC(=O)Nc3csc(-c4ccncc4)n3)ccc2C1. The molecule has 28 heavy (non-hydrogen) atoms. The van der Waals surface area contributed by atoms with E-state index in [4.69, 9.17) is 0 Å². The Labute approximate surface area is 167 Å². The molecule has 144 valence electrons. The van der Waals surface area contributed by atoms with E-state index in [0.29, 0.717) is 11.6 Å². The summed E-state index contributed by atoms with van der Waals surface area (Å²) in [5, 5.41) is 8.23. The lowest BCUT2D eigenvalue weighted by Gasteiger charge is -2.27. The molecule has 0 fully saturated rings. The number of anilines is 2. The van der Waals surface area contributed by atoms with Gasteiger partial charge in [0.25, 0.3) is 0 Å². The van der Waals surface area contributed by atoms with Crippen molar-refractivity contribution in [2.24, 2.45) is 0 Å². The van der Waals surface area contributed by atoms with E-state index < -0.39 is 0 Å². The van der Waals surface area contributed by atoms with Gasteiger partial charge >= 0.3 is 6.03 Å². The summed E-state index contributed by atoms with van der Waals surface area (Å²) in [6.07, 6.45) is 5.51.